The number of hydrogen-bond acceptors (Lipinski definition) is 4. The Morgan fingerprint density at radius 1 is 1.55 bits per heavy atom. The van der Waals surface area contributed by atoms with Gasteiger partial charge in [0.25, 0.3) is 5.91 Å². The molecule has 3 atom stereocenters. The van der Waals surface area contributed by atoms with E-state index in [-0.39, 0.29) is 18.1 Å². The van der Waals surface area contributed by atoms with Gasteiger partial charge in [0.1, 0.15) is 5.76 Å². The van der Waals surface area contributed by atoms with Crippen molar-refractivity contribution >= 4 is 5.91 Å². The molecule has 1 aliphatic carbocycles. The first kappa shape index (κ1) is 15.3. The molecule has 2 fully saturated rings. The fourth-order valence-electron chi connectivity index (χ4n) is 3.56. The third-order valence-electron chi connectivity index (χ3n) is 4.64. The average Bonchev–Trinajstić information content (AvgIpc) is 3.13. The third kappa shape index (κ3) is 2.83. The smallest absolute Gasteiger partial charge is 0.257 e. The van der Waals surface area contributed by atoms with Gasteiger partial charge in [0, 0.05) is 12.5 Å². The van der Waals surface area contributed by atoms with Crippen LogP contribution in [0.1, 0.15) is 29.0 Å². The molecular formula is C17H23NO4. The van der Waals surface area contributed by atoms with Crippen LogP contribution in [0.25, 0.3) is 0 Å². The second-order valence-corrected chi connectivity index (χ2v) is 5.96. The van der Waals surface area contributed by atoms with Crippen LogP contribution < -0.4 is 0 Å². The quantitative estimate of drug-likeness (QED) is 0.619. The lowest BCUT2D eigenvalue weighted by atomic mass is 10.0. The highest BCUT2D eigenvalue weighted by Gasteiger charge is 2.44. The van der Waals surface area contributed by atoms with E-state index in [9.17, 15) is 4.79 Å². The number of morpholine rings is 1. The first-order valence-electron chi connectivity index (χ1n) is 7.87. The molecule has 0 radical (unpaired) electrons. The van der Waals surface area contributed by atoms with Crippen LogP contribution in [0.3, 0.4) is 0 Å². The number of furan rings is 1. The van der Waals surface area contributed by atoms with Gasteiger partial charge < -0.3 is 18.8 Å². The molecule has 3 rings (SSSR count). The minimum atomic E-state index is 0.0530. The van der Waals surface area contributed by atoms with Gasteiger partial charge in [-0.2, -0.15) is 0 Å². The first-order valence-corrected chi connectivity index (χ1v) is 7.87. The van der Waals surface area contributed by atoms with E-state index >= 15 is 0 Å². The second kappa shape index (κ2) is 6.67. The molecule has 0 bridgehead atoms. The third-order valence-corrected chi connectivity index (χ3v) is 4.64. The number of hydrogen-bond donors (Lipinski definition) is 0. The van der Waals surface area contributed by atoms with Crippen molar-refractivity contribution in [2.24, 2.45) is 5.92 Å². The zero-order valence-electron chi connectivity index (χ0n) is 13.0. The summed E-state index contributed by atoms with van der Waals surface area (Å²) in [7, 11) is 0. The number of nitrogens with zero attached hydrogens (tertiary/aromatic N) is 1. The zero-order valence-corrected chi connectivity index (χ0v) is 13.0. The molecule has 0 spiro atoms. The molecular weight excluding hydrogens is 282 g/mol. The molecule has 1 saturated carbocycles. The maximum Gasteiger partial charge on any atom is 0.257 e. The van der Waals surface area contributed by atoms with E-state index in [1.54, 1.807) is 18.4 Å². The predicted octanol–water partition coefficient (Wildman–Crippen LogP) is 2.41. The largest absolute Gasteiger partial charge is 0.469 e. The highest BCUT2D eigenvalue weighted by molar-refractivity contribution is 5.95. The Balaban J connectivity index is 1.69. The summed E-state index contributed by atoms with van der Waals surface area (Å²) in [5.41, 5.74) is 0.659. The summed E-state index contributed by atoms with van der Waals surface area (Å²) < 4.78 is 16.8. The van der Waals surface area contributed by atoms with Gasteiger partial charge in [0.15, 0.2) is 0 Å². The van der Waals surface area contributed by atoms with Gasteiger partial charge in [-0.15, -0.1) is 6.58 Å². The number of aryl methyl sites for hydroxylation is 1. The Labute approximate surface area is 130 Å². The van der Waals surface area contributed by atoms with E-state index in [2.05, 4.69) is 6.58 Å². The molecule has 0 unspecified atom stereocenters. The van der Waals surface area contributed by atoms with E-state index in [4.69, 9.17) is 13.9 Å². The Bertz CT molecular complexity index is 539. The number of carbonyl (C=O) groups excluding carboxylic acids is 1. The van der Waals surface area contributed by atoms with Crippen molar-refractivity contribution in [2.45, 2.75) is 31.9 Å². The van der Waals surface area contributed by atoms with Crippen LogP contribution in [-0.2, 0) is 9.47 Å². The summed E-state index contributed by atoms with van der Waals surface area (Å²) in [6, 6.07) is 1.90. The van der Waals surface area contributed by atoms with Crippen molar-refractivity contribution in [1.29, 1.82) is 0 Å². The SMILES string of the molecule is C=CCOC[C@@H]1CC[C@H]2[C@H]1OCCN2C(=O)c1ccoc1C. The van der Waals surface area contributed by atoms with Gasteiger partial charge in [-0.25, -0.2) is 0 Å². The minimum absolute atomic E-state index is 0.0530. The van der Waals surface area contributed by atoms with E-state index < -0.39 is 0 Å². The Kier molecular flexibility index (Phi) is 4.64. The van der Waals surface area contributed by atoms with Crippen molar-refractivity contribution in [3.8, 4) is 0 Å². The summed E-state index contributed by atoms with van der Waals surface area (Å²) in [4.78, 5) is 14.7. The Hall–Kier alpha value is -1.59. The predicted molar refractivity (Wildman–Crippen MR) is 81.7 cm³/mol. The molecule has 2 heterocycles. The van der Waals surface area contributed by atoms with E-state index in [1.807, 2.05) is 11.8 Å². The summed E-state index contributed by atoms with van der Waals surface area (Å²) in [6.45, 7) is 7.94. The minimum Gasteiger partial charge on any atom is -0.469 e. The highest BCUT2D eigenvalue weighted by Crippen LogP contribution is 2.35. The number of rotatable bonds is 5. The standard InChI is InChI=1S/C17H23NO4/c1-3-8-20-11-13-4-5-15-16(13)22-10-7-18(15)17(19)14-6-9-21-12(14)2/h3,6,9,13,15-16H,1,4-5,7-8,10-11H2,2H3/t13-,15-,16-/m0/s1. The zero-order chi connectivity index (χ0) is 15.5. The second-order valence-electron chi connectivity index (χ2n) is 5.96. The molecule has 120 valence electrons. The number of ether oxygens (including phenoxy) is 2. The van der Waals surface area contributed by atoms with Crippen LogP contribution in [-0.4, -0.2) is 49.3 Å². The highest BCUT2D eigenvalue weighted by atomic mass is 16.5. The van der Waals surface area contributed by atoms with Crippen molar-refractivity contribution in [2.75, 3.05) is 26.4 Å². The van der Waals surface area contributed by atoms with E-state index in [0.717, 1.165) is 12.8 Å². The monoisotopic (exact) mass is 305 g/mol. The average molecular weight is 305 g/mol. The molecule has 1 saturated heterocycles. The summed E-state index contributed by atoms with van der Waals surface area (Å²) in [5.74, 6) is 1.08. The molecule has 5 nitrogen and oxygen atoms in total. The molecule has 1 aromatic rings. The molecule has 22 heavy (non-hydrogen) atoms. The van der Waals surface area contributed by atoms with Gasteiger partial charge >= 0.3 is 0 Å². The fourth-order valence-corrected chi connectivity index (χ4v) is 3.56. The van der Waals surface area contributed by atoms with Gasteiger partial charge in [-0.3, -0.25) is 4.79 Å². The number of fused-ring (bicyclic) bond motifs is 1. The molecule has 5 heteroatoms. The first-order chi connectivity index (χ1) is 10.7. The van der Waals surface area contributed by atoms with Crippen molar-refractivity contribution in [3.63, 3.8) is 0 Å². The molecule has 0 aromatic carbocycles. The summed E-state index contributed by atoms with van der Waals surface area (Å²) in [5, 5.41) is 0. The van der Waals surface area contributed by atoms with Crippen LogP contribution in [0.2, 0.25) is 0 Å². The maximum atomic E-state index is 12.8. The van der Waals surface area contributed by atoms with Gasteiger partial charge in [-0.05, 0) is 25.8 Å². The van der Waals surface area contributed by atoms with Crippen molar-refractivity contribution in [1.82, 2.24) is 4.90 Å². The van der Waals surface area contributed by atoms with E-state index in [0.29, 0.717) is 43.6 Å². The van der Waals surface area contributed by atoms with Crippen molar-refractivity contribution in [3.05, 3.63) is 36.3 Å². The molecule has 0 N–H and O–H groups in total. The van der Waals surface area contributed by atoms with Gasteiger partial charge in [-0.1, -0.05) is 6.08 Å². The Morgan fingerprint density at radius 3 is 3.14 bits per heavy atom. The van der Waals surface area contributed by atoms with Crippen LogP contribution in [0, 0.1) is 12.8 Å². The number of carbonyl (C=O) groups is 1. The normalized spacial score (nSPS) is 27.7. The fraction of sp³-hybridized carbons (Fsp3) is 0.588. The molecule has 1 amide bonds. The van der Waals surface area contributed by atoms with Crippen LogP contribution in [0.15, 0.2) is 29.4 Å². The van der Waals surface area contributed by atoms with Crippen LogP contribution in [0.4, 0.5) is 0 Å². The Morgan fingerprint density at radius 2 is 2.41 bits per heavy atom. The maximum absolute atomic E-state index is 12.8. The molecule has 1 aromatic heterocycles. The van der Waals surface area contributed by atoms with E-state index in [1.165, 1.54) is 0 Å². The van der Waals surface area contributed by atoms with Crippen LogP contribution in [0.5, 0.6) is 0 Å². The summed E-state index contributed by atoms with van der Waals surface area (Å²) >= 11 is 0. The lowest BCUT2D eigenvalue weighted by Gasteiger charge is -2.39. The number of amides is 1. The lowest BCUT2D eigenvalue weighted by Crippen LogP contribution is -2.53. The molecule has 1 aliphatic heterocycles. The van der Waals surface area contributed by atoms with Gasteiger partial charge in [0.2, 0.25) is 0 Å². The molecule has 2 aliphatic rings. The van der Waals surface area contributed by atoms with Crippen molar-refractivity contribution < 1.29 is 18.7 Å². The van der Waals surface area contributed by atoms with Gasteiger partial charge in [0.05, 0.1) is 43.8 Å². The summed E-state index contributed by atoms with van der Waals surface area (Å²) in [6.07, 6.45) is 5.40. The lowest BCUT2D eigenvalue weighted by molar-refractivity contribution is -0.0738. The van der Waals surface area contributed by atoms with Crippen LogP contribution >= 0.6 is 0 Å². The topological polar surface area (TPSA) is 51.9 Å².